The molecule has 1 saturated carbocycles. The quantitative estimate of drug-likeness (QED) is 0.232. The Labute approximate surface area is 302 Å². The van der Waals surface area contributed by atoms with Crippen molar-refractivity contribution < 1.29 is 49.0 Å². The zero-order chi connectivity index (χ0) is 31.3. The fourth-order valence-electron chi connectivity index (χ4n) is 7.43. The molecule has 1 fully saturated rings. The van der Waals surface area contributed by atoms with Crippen LogP contribution in [-0.4, -0.2) is 3.21 Å². The van der Waals surface area contributed by atoms with E-state index in [4.69, 9.17) is 0 Å². The summed E-state index contributed by atoms with van der Waals surface area (Å²) < 4.78 is 1.80. The second kappa shape index (κ2) is 14.4. The SMILES string of the molecule is CC1=[C-]C(C)(C)c2cc3c(cc21)-c1cc2c(cc1C3)C(C)(C)C=C2C.CCc1cc(C(C)(C)C)c[cH-]1.[Cl-].[Cl-].[Zr+2]=[C]1CCCCC1. The number of hydrogen-bond donors (Lipinski definition) is 0. The van der Waals surface area contributed by atoms with Crippen LogP contribution in [0.15, 0.2) is 48.5 Å². The van der Waals surface area contributed by atoms with Crippen molar-refractivity contribution in [3.8, 4) is 11.1 Å². The Morgan fingerprint density at radius 1 is 0.800 bits per heavy atom. The Kier molecular flexibility index (Phi) is 12.2. The molecule has 0 aromatic heterocycles. The van der Waals surface area contributed by atoms with E-state index >= 15 is 0 Å². The molecule has 45 heavy (non-hydrogen) atoms. The second-order valence-electron chi connectivity index (χ2n) is 15.5. The summed E-state index contributed by atoms with van der Waals surface area (Å²) in [5.74, 6) is 0. The van der Waals surface area contributed by atoms with Gasteiger partial charge in [0.1, 0.15) is 0 Å². The molecule has 0 bridgehead atoms. The Balaban J connectivity index is 0.000000230. The minimum atomic E-state index is 0. The Morgan fingerprint density at radius 3 is 1.87 bits per heavy atom. The zero-order valence-electron chi connectivity index (χ0n) is 29.3. The van der Waals surface area contributed by atoms with Crippen molar-refractivity contribution >= 4 is 14.4 Å². The number of benzene rings is 2. The van der Waals surface area contributed by atoms with Crippen molar-refractivity contribution in [2.75, 3.05) is 0 Å². The number of rotatable bonds is 1. The summed E-state index contributed by atoms with van der Waals surface area (Å²) in [4.78, 5) is 0. The van der Waals surface area contributed by atoms with E-state index in [2.05, 4.69) is 124 Å². The van der Waals surface area contributed by atoms with E-state index < -0.39 is 0 Å². The van der Waals surface area contributed by atoms with Gasteiger partial charge in [-0.25, -0.2) is 11.6 Å². The van der Waals surface area contributed by atoms with Gasteiger partial charge in [-0.3, -0.25) is 6.08 Å². The summed E-state index contributed by atoms with van der Waals surface area (Å²) in [5, 5.41) is 0. The molecular formula is C42H52Cl2Zr-2. The maximum atomic E-state index is 3.65. The topological polar surface area (TPSA) is 0 Å². The van der Waals surface area contributed by atoms with Gasteiger partial charge >= 0.3 is 59.5 Å². The number of aryl methyl sites for hydroxylation is 1. The van der Waals surface area contributed by atoms with Gasteiger partial charge in [0.15, 0.2) is 0 Å². The van der Waals surface area contributed by atoms with Crippen molar-refractivity contribution in [1.29, 1.82) is 0 Å². The molecule has 0 heterocycles. The van der Waals surface area contributed by atoms with Crippen molar-refractivity contribution in [3.63, 3.8) is 0 Å². The van der Waals surface area contributed by atoms with Crippen LogP contribution < -0.4 is 24.8 Å². The molecule has 0 atom stereocenters. The first-order valence-electron chi connectivity index (χ1n) is 16.6. The van der Waals surface area contributed by atoms with Crippen molar-refractivity contribution in [1.82, 2.24) is 0 Å². The van der Waals surface area contributed by atoms with Crippen LogP contribution in [0.25, 0.3) is 22.3 Å². The molecule has 3 aromatic carbocycles. The average molecular weight is 719 g/mol. The van der Waals surface area contributed by atoms with Crippen LogP contribution in [0.5, 0.6) is 0 Å². The second-order valence-corrected chi connectivity index (χ2v) is 17.2. The van der Waals surface area contributed by atoms with Crippen LogP contribution >= 0.6 is 0 Å². The van der Waals surface area contributed by atoms with Crippen LogP contribution in [-0.2, 0) is 53.3 Å². The van der Waals surface area contributed by atoms with E-state index in [9.17, 15) is 0 Å². The molecule has 0 nitrogen and oxygen atoms in total. The van der Waals surface area contributed by atoms with Crippen molar-refractivity contribution in [2.24, 2.45) is 0 Å². The number of allylic oxidation sites excluding steroid dienone is 4. The third-order valence-electron chi connectivity index (χ3n) is 9.98. The van der Waals surface area contributed by atoms with E-state index in [1.54, 1.807) is 27.4 Å². The van der Waals surface area contributed by atoms with Gasteiger partial charge in [0.25, 0.3) is 0 Å². The molecule has 0 amide bonds. The van der Waals surface area contributed by atoms with E-state index in [0.29, 0.717) is 5.41 Å². The van der Waals surface area contributed by atoms with Gasteiger partial charge in [0.2, 0.25) is 0 Å². The number of halogens is 2. The summed E-state index contributed by atoms with van der Waals surface area (Å²) in [6.45, 7) is 22.6. The fraction of sp³-hybridized carbons (Fsp3) is 0.476. The van der Waals surface area contributed by atoms with E-state index in [1.165, 1.54) is 98.9 Å². The molecule has 0 spiro atoms. The van der Waals surface area contributed by atoms with Gasteiger partial charge in [0.05, 0.1) is 0 Å². The molecule has 240 valence electrons. The normalized spacial score (nSPS) is 17.9. The number of hydrogen-bond acceptors (Lipinski definition) is 0. The standard InChI is InChI=1S/C25H25.C11H17.C6H10.2ClH.Zr/c1-14-12-24(3,4)22-8-16-7-17-9-23-19(15(2)13-25(23,5)6)11-21(17)20(16)10-18(14)22;1-5-9-6-7-10(8-9)11(2,3)4;1-2-4-6-5-3-1;;;/h8-12H,7H2,1-6H3;6-8H,5H2,1-4H3;1-5H2;2*1H;/q2*-1;;;;+2/p-2. The predicted molar refractivity (Wildman–Crippen MR) is 185 cm³/mol. The van der Waals surface area contributed by atoms with Crippen LogP contribution in [0.2, 0.25) is 0 Å². The Hall–Kier alpha value is -1.40. The first kappa shape index (κ1) is 38.1. The maximum absolute atomic E-state index is 3.65. The molecule has 0 aliphatic heterocycles. The Bertz CT molecular complexity index is 1530. The van der Waals surface area contributed by atoms with Crippen molar-refractivity contribution in [2.45, 2.75) is 130 Å². The summed E-state index contributed by atoms with van der Waals surface area (Å²) in [7, 11) is 0. The molecule has 7 rings (SSSR count). The predicted octanol–water partition coefficient (Wildman–Crippen LogP) is 5.39. The fourth-order valence-corrected chi connectivity index (χ4v) is 8.30. The third-order valence-corrected chi connectivity index (χ3v) is 11.2. The van der Waals surface area contributed by atoms with Crippen molar-refractivity contribution in [3.05, 3.63) is 99.1 Å². The van der Waals surface area contributed by atoms with Gasteiger partial charge in [-0.05, 0) is 58.4 Å². The molecule has 0 unspecified atom stereocenters. The average Bonchev–Trinajstić information content (AvgIpc) is 3.66. The van der Waals surface area contributed by atoms with Crippen LogP contribution in [0.1, 0.15) is 146 Å². The van der Waals surface area contributed by atoms with Gasteiger partial charge in [-0.1, -0.05) is 97.8 Å². The van der Waals surface area contributed by atoms with Crippen LogP contribution in [0, 0.1) is 6.08 Å². The van der Waals surface area contributed by atoms with Gasteiger partial charge in [0, 0.05) is 5.41 Å². The summed E-state index contributed by atoms with van der Waals surface area (Å²) in [6, 6.07) is 16.6. The molecular weight excluding hydrogens is 667 g/mol. The summed E-state index contributed by atoms with van der Waals surface area (Å²) >= 11 is 1.69. The molecule has 3 heteroatoms. The summed E-state index contributed by atoms with van der Waals surface area (Å²) in [6.07, 6.45) is 15.6. The van der Waals surface area contributed by atoms with E-state index in [0.717, 1.165) is 12.8 Å². The van der Waals surface area contributed by atoms with E-state index in [1.807, 2.05) is 0 Å². The molecule has 0 N–H and O–H groups in total. The van der Waals surface area contributed by atoms with Crippen LogP contribution in [0.4, 0.5) is 0 Å². The molecule has 0 radical (unpaired) electrons. The first-order valence-corrected chi connectivity index (χ1v) is 17.8. The monoisotopic (exact) mass is 716 g/mol. The van der Waals surface area contributed by atoms with Gasteiger partial charge < -0.3 is 24.8 Å². The first-order chi connectivity index (χ1) is 20.1. The molecule has 0 saturated heterocycles. The zero-order valence-corrected chi connectivity index (χ0v) is 33.3. The van der Waals surface area contributed by atoms with Gasteiger partial charge in [-0.2, -0.15) is 28.8 Å². The summed E-state index contributed by atoms with van der Waals surface area (Å²) in [5.41, 5.74) is 17.8. The van der Waals surface area contributed by atoms with Crippen LogP contribution in [0.3, 0.4) is 0 Å². The van der Waals surface area contributed by atoms with E-state index in [-0.39, 0.29) is 35.6 Å². The minimum absolute atomic E-state index is 0. The molecule has 4 aliphatic rings. The Morgan fingerprint density at radius 2 is 1.38 bits per heavy atom. The molecule has 4 aliphatic carbocycles. The third kappa shape index (κ3) is 8.02. The van der Waals surface area contributed by atoms with Gasteiger partial charge in [-0.15, -0.1) is 11.6 Å². The number of fused-ring (bicyclic) bond motifs is 5. The molecule has 3 aromatic rings.